The molecule has 1 saturated carbocycles. The zero-order valence-corrected chi connectivity index (χ0v) is 12.9. The van der Waals surface area contributed by atoms with Crippen LogP contribution >= 0.6 is 0 Å². The van der Waals surface area contributed by atoms with Crippen LogP contribution in [0.25, 0.3) is 0 Å². The first kappa shape index (κ1) is 14.4. The highest BCUT2D eigenvalue weighted by atomic mass is 16.2. The third kappa shape index (κ3) is 3.76. The van der Waals surface area contributed by atoms with E-state index in [0.717, 1.165) is 31.2 Å². The Kier molecular flexibility index (Phi) is 4.15. The Labute approximate surface area is 126 Å². The van der Waals surface area contributed by atoms with Gasteiger partial charge in [-0.15, -0.1) is 0 Å². The van der Waals surface area contributed by atoms with Crippen molar-refractivity contribution in [3.8, 4) is 0 Å². The van der Waals surface area contributed by atoms with Gasteiger partial charge >= 0.3 is 6.03 Å². The first-order valence-electron chi connectivity index (χ1n) is 8.03. The fraction of sp³-hybridized carbons (Fsp3) is 0.588. The van der Waals surface area contributed by atoms with Crippen LogP contribution in [0.5, 0.6) is 0 Å². The van der Waals surface area contributed by atoms with Gasteiger partial charge in [0.15, 0.2) is 0 Å². The summed E-state index contributed by atoms with van der Waals surface area (Å²) in [5, 5.41) is 6.01. The standard InChI is InChI=1S/C17H25N3O/c1-12(2)13-3-5-14(6-4-13)18-17(21)19-15-9-10-20(11-15)16-7-8-16/h3-6,12,15-16H,7-11H2,1-2H3,(H2,18,19,21). The molecule has 2 N–H and O–H groups in total. The first-order valence-corrected chi connectivity index (χ1v) is 8.03. The fourth-order valence-corrected chi connectivity index (χ4v) is 2.98. The predicted molar refractivity (Wildman–Crippen MR) is 85.7 cm³/mol. The smallest absolute Gasteiger partial charge is 0.319 e. The number of hydrogen-bond donors (Lipinski definition) is 2. The van der Waals surface area contributed by atoms with E-state index in [-0.39, 0.29) is 6.03 Å². The molecule has 1 saturated heterocycles. The number of hydrogen-bond acceptors (Lipinski definition) is 2. The number of nitrogens with zero attached hydrogens (tertiary/aromatic N) is 1. The highest BCUT2D eigenvalue weighted by molar-refractivity contribution is 5.89. The molecule has 1 aromatic carbocycles. The van der Waals surface area contributed by atoms with Gasteiger partial charge in [-0.05, 0) is 42.9 Å². The minimum absolute atomic E-state index is 0.0880. The van der Waals surface area contributed by atoms with Gasteiger partial charge in [0, 0.05) is 30.9 Å². The molecular formula is C17H25N3O. The van der Waals surface area contributed by atoms with Crippen LogP contribution in [0.1, 0.15) is 44.6 Å². The summed E-state index contributed by atoms with van der Waals surface area (Å²) in [4.78, 5) is 14.5. The van der Waals surface area contributed by atoms with Gasteiger partial charge in [0.25, 0.3) is 0 Å². The van der Waals surface area contributed by atoms with Crippen LogP contribution in [0, 0.1) is 0 Å². The highest BCUT2D eigenvalue weighted by Crippen LogP contribution is 2.29. The van der Waals surface area contributed by atoms with Crippen LogP contribution in [0.15, 0.2) is 24.3 Å². The number of likely N-dealkylation sites (tertiary alicyclic amines) is 1. The van der Waals surface area contributed by atoms with E-state index in [0.29, 0.717) is 12.0 Å². The van der Waals surface area contributed by atoms with Gasteiger partial charge in [0.05, 0.1) is 0 Å². The lowest BCUT2D eigenvalue weighted by Gasteiger charge is -2.16. The Hall–Kier alpha value is -1.55. The molecule has 4 nitrogen and oxygen atoms in total. The molecule has 0 aromatic heterocycles. The van der Waals surface area contributed by atoms with Crippen molar-refractivity contribution in [2.24, 2.45) is 0 Å². The molecule has 1 unspecified atom stereocenters. The first-order chi connectivity index (χ1) is 10.1. The average Bonchev–Trinajstić information content (AvgIpc) is 3.20. The monoisotopic (exact) mass is 287 g/mol. The van der Waals surface area contributed by atoms with Gasteiger partial charge in [-0.2, -0.15) is 0 Å². The van der Waals surface area contributed by atoms with Gasteiger partial charge < -0.3 is 10.6 Å². The zero-order chi connectivity index (χ0) is 14.8. The van der Waals surface area contributed by atoms with Crippen LogP contribution in [-0.4, -0.2) is 36.1 Å². The second-order valence-electron chi connectivity index (χ2n) is 6.59. The molecule has 2 aliphatic rings. The quantitative estimate of drug-likeness (QED) is 0.893. The van der Waals surface area contributed by atoms with Crippen LogP contribution < -0.4 is 10.6 Å². The molecule has 1 aromatic rings. The van der Waals surface area contributed by atoms with E-state index < -0.39 is 0 Å². The minimum atomic E-state index is -0.0880. The Morgan fingerprint density at radius 3 is 2.52 bits per heavy atom. The molecular weight excluding hydrogens is 262 g/mol. The number of carbonyl (C=O) groups is 1. The van der Waals surface area contributed by atoms with E-state index in [4.69, 9.17) is 0 Å². The molecule has 2 fully saturated rings. The maximum Gasteiger partial charge on any atom is 0.319 e. The van der Waals surface area contributed by atoms with Gasteiger partial charge in [0.1, 0.15) is 0 Å². The average molecular weight is 287 g/mol. The van der Waals surface area contributed by atoms with E-state index in [1.54, 1.807) is 0 Å². The van der Waals surface area contributed by atoms with Gasteiger partial charge in [-0.3, -0.25) is 4.90 Å². The van der Waals surface area contributed by atoms with Crippen molar-refractivity contribution in [2.45, 2.75) is 51.1 Å². The molecule has 1 aliphatic carbocycles. The summed E-state index contributed by atoms with van der Waals surface area (Å²) in [7, 11) is 0. The zero-order valence-electron chi connectivity index (χ0n) is 12.9. The second kappa shape index (κ2) is 6.06. The summed E-state index contributed by atoms with van der Waals surface area (Å²) >= 11 is 0. The third-order valence-corrected chi connectivity index (χ3v) is 4.45. The largest absolute Gasteiger partial charge is 0.334 e. The molecule has 0 radical (unpaired) electrons. The molecule has 4 heteroatoms. The van der Waals surface area contributed by atoms with Crippen LogP contribution in [0.3, 0.4) is 0 Å². The number of carbonyl (C=O) groups excluding carboxylic acids is 1. The Morgan fingerprint density at radius 2 is 1.90 bits per heavy atom. The summed E-state index contributed by atoms with van der Waals surface area (Å²) < 4.78 is 0. The SMILES string of the molecule is CC(C)c1ccc(NC(=O)NC2CCN(C3CC3)C2)cc1. The van der Waals surface area contributed by atoms with Crippen LogP contribution in [0.4, 0.5) is 10.5 Å². The Balaban J connectivity index is 1.47. The fourth-order valence-electron chi connectivity index (χ4n) is 2.98. The molecule has 0 bridgehead atoms. The molecule has 114 valence electrons. The number of nitrogens with one attached hydrogen (secondary N) is 2. The van der Waals surface area contributed by atoms with E-state index in [1.165, 1.54) is 18.4 Å². The van der Waals surface area contributed by atoms with Crippen molar-refractivity contribution in [3.63, 3.8) is 0 Å². The number of rotatable bonds is 4. The van der Waals surface area contributed by atoms with Crippen LogP contribution in [0.2, 0.25) is 0 Å². The molecule has 1 atom stereocenters. The van der Waals surface area contributed by atoms with Crippen molar-refractivity contribution in [1.82, 2.24) is 10.2 Å². The van der Waals surface area contributed by atoms with Crippen molar-refractivity contribution < 1.29 is 4.79 Å². The third-order valence-electron chi connectivity index (χ3n) is 4.45. The summed E-state index contributed by atoms with van der Waals surface area (Å²) in [5.74, 6) is 0.514. The van der Waals surface area contributed by atoms with E-state index >= 15 is 0 Å². The van der Waals surface area contributed by atoms with Crippen molar-refractivity contribution >= 4 is 11.7 Å². The normalized spacial score (nSPS) is 22.5. The molecule has 2 amide bonds. The molecule has 1 aliphatic heterocycles. The lowest BCUT2D eigenvalue weighted by Crippen LogP contribution is -2.40. The maximum absolute atomic E-state index is 12.0. The van der Waals surface area contributed by atoms with Crippen LogP contribution in [-0.2, 0) is 0 Å². The number of amides is 2. The van der Waals surface area contributed by atoms with E-state index in [1.807, 2.05) is 12.1 Å². The minimum Gasteiger partial charge on any atom is -0.334 e. The topological polar surface area (TPSA) is 44.4 Å². The summed E-state index contributed by atoms with van der Waals surface area (Å²) in [6, 6.07) is 9.09. The molecule has 1 heterocycles. The summed E-state index contributed by atoms with van der Waals surface area (Å²) in [6.45, 7) is 6.46. The van der Waals surface area contributed by atoms with Gasteiger partial charge in [-0.1, -0.05) is 26.0 Å². The van der Waals surface area contributed by atoms with Gasteiger partial charge in [-0.25, -0.2) is 4.79 Å². The van der Waals surface area contributed by atoms with E-state index in [2.05, 4.69) is 41.5 Å². The Morgan fingerprint density at radius 1 is 1.19 bits per heavy atom. The lowest BCUT2D eigenvalue weighted by molar-refractivity contribution is 0.247. The molecule has 0 spiro atoms. The second-order valence-corrected chi connectivity index (χ2v) is 6.59. The predicted octanol–water partition coefficient (Wildman–Crippen LogP) is 3.17. The maximum atomic E-state index is 12.0. The summed E-state index contributed by atoms with van der Waals surface area (Å²) in [6.07, 6.45) is 3.73. The number of benzene rings is 1. The number of anilines is 1. The number of urea groups is 1. The Bertz CT molecular complexity index is 493. The molecule has 21 heavy (non-hydrogen) atoms. The van der Waals surface area contributed by atoms with Crippen molar-refractivity contribution in [2.75, 3.05) is 18.4 Å². The summed E-state index contributed by atoms with van der Waals surface area (Å²) in [5.41, 5.74) is 2.14. The van der Waals surface area contributed by atoms with E-state index in [9.17, 15) is 4.79 Å². The van der Waals surface area contributed by atoms with Crippen molar-refractivity contribution in [3.05, 3.63) is 29.8 Å². The lowest BCUT2D eigenvalue weighted by atomic mass is 10.0. The van der Waals surface area contributed by atoms with Crippen molar-refractivity contribution in [1.29, 1.82) is 0 Å². The highest BCUT2D eigenvalue weighted by Gasteiger charge is 2.34. The molecule has 3 rings (SSSR count). The van der Waals surface area contributed by atoms with Gasteiger partial charge in [0.2, 0.25) is 0 Å².